The lowest BCUT2D eigenvalue weighted by Crippen LogP contribution is -2.17. The fourth-order valence-electron chi connectivity index (χ4n) is 2.29. The molecule has 3 aromatic rings. The van der Waals surface area contributed by atoms with E-state index in [1.165, 1.54) is 18.0 Å². The molecular formula is C17H13F2N3OS. The number of halogens is 2. The second-order valence-electron chi connectivity index (χ2n) is 4.91. The van der Waals surface area contributed by atoms with Crippen LogP contribution in [0.4, 0.5) is 14.5 Å². The summed E-state index contributed by atoms with van der Waals surface area (Å²) in [5.74, 6) is -2.02. The van der Waals surface area contributed by atoms with Gasteiger partial charge in [-0.2, -0.15) is 0 Å². The summed E-state index contributed by atoms with van der Waals surface area (Å²) >= 11 is 1.39. The molecule has 122 valence electrons. The number of anilines is 1. The maximum atomic E-state index is 13.3. The molecule has 0 aliphatic rings. The van der Waals surface area contributed by atoms with Crippen LogP contribution in [0.15, 0.2) is 59.9 Å². The molecule has 0 unspecified atom stereocenters. The Kier molecular flexibility index (Phi) is 4.61. The maximum Gasteiger partial charge on any atom is 0.274 e. The number of carbonyl (C=O) groups excluding carboxylic acids is 1. The van der Waals surface area contributed by atoms with Crippen LogP contribution in [0.2, 0.25) is 0 Å². The molecule has 0 radical (unpaired) electrons. The highest BCUT2D eigenvalue weighted by Gasteiger charge is 2.18. The molecule has 7 heteroatoms. The number of nitrogens with zero attached hydrogens (tertiary/aromatic N) is 2. The summed E-state index contributed by atoms with van der Waals surface area (Å²) in [6, 6.07) is 12.1. The molecular weight excluding hydrogens is 332 g/mol. The highest BCUT2D eigenvalue weighted by Crippen LogP contribution is 2.22. The topological polar surface area (TPSA) is 46.9 Å². The van der Waals surface area contributed by atoms with E-state index < -0.39 is 17.5 Å². The SMILES string of the molecule is CSc1ncc(C(=O)Nc2cc(F)cc(F)c2)n1-c1ccccc1. The van der Waals surface area contributed by atoms with Gasteiger partial charge in [-0.25, -0.2) is 13.8 Å². The smallest absolute Gasteiger partial charge is 0.274 e. The zero-order valence-electron chi connectivity index (χ0n) is 12.7. The van der Waals surface area contributed by atoms with Crippen molar-refractivity contribution in [1.82, 2.24) is 9.55 Å². The van der Waals surface area contributed by atoms with Crippen LogP contribution in [0.5, 0.6) is 0 Å². The van der Waals surface area contributed by atoms with E-state index in [1.807, 2.05) is 36.6 Å². The lowest BCUT2D eigenvalue weighted by atomic mass is 10.2. The Morgan fingerprint density at radius 2 is 1.79 bits per heavy atom. The lowest BCUT2D eigenvalue weighted by molar-refractivity contribution is 0.102. The van der Waals surface area contributed by atoms with E-state index in [4.69, 9.17) is 0 Å². The third-order valence-corrected chi connectivity index (χ3v) is 3.93. The van der Waals surface area contributed by atoms with E-state index >= 15 is 0 Å². The van der Waals surface area contributed by atoms with Crippen molar-refractivity contribution in [2.75, 3.05) is 11.6 Å². The summed E-state index contributed by atoms with van der Waals surface area (Å²) in [4.78, 5) is 16.8. The maximum absolute atomic E-state index is 13.3. The first-order valence-corrected chi connectivity index (χ1v) is 8.25. The second kappa shape index (κ2) is 6.84. The van der Waals surface area contributed by atoms with Gasteiger partial charge in [-0.05, 0) is 30.5 Å². The number of imidazole rings is 1. The molecule has 0 saturated carbocycles. The molecule has 0 atom stereocenters. The Labute approximate surface area is 141 Å². The van der Waals surface area contributed by atoms with Crippen LogP contribution >= 0.6 is 11.8 Å². The van der Waals surface area contributed by atoms with Crippen LogP contribution < -0.4 is 5.32 Å². The Morgan fingerprint density at radius 1 is 1.12 bits per heavy atom. The average Bonchev–Trinajstić information content (AvgIpc) is 2.98. The van der Waals surface area contributed by atoms with Crippen LogP contribution in [0.25, 0.3) is 5.69 Å². The Bertz CT molecular complexity index is 861. The summed E-state index contributed by atoms with van der Waals surface area (Å²) in [5, 5.41) is 3.13. The molecule has 0 aliphatic heterocycles. The summed E-state index contributed by atoms with van der Waals surface area (Å²) in [6.07, 6.45) is 3.29. The monoisotopic (exact) mass is 345 g/mol. The Hall–Kier alpha value is -2.67. The number of hydrogen-bond acceptors (Lipinski definition) is 3. The van der Waals surface area contributed by atoms with Gasteiger partial charge in [-0.1, -0.05) is 30.0 Å². The molecule has 0 fully saturated rings. The first-order chi connectivity index (χ1) is 11.6. The van der Waals surface area contributed by atoms with Gasteiger partial charge in [0.25, 0.3) is 5.91 Å². The van der Waals surface area contributed by atoms with Crippen LogP contribution in [0.3, 0.4) is 0 Å². The highest BCUT2D eigenvalue weighted by molar-refractivity contribution is 7.98. The minimum Gasteiger partial charge on any atom is -0.320 e. The molecule has 4 nitrogen and oxygen atoms in total. The van der Waals surface area contributed by atoms with Crippen LogP contribution in [0.1, 0.15) is 10.5 Å². The number of rotatable bonds is 4. The summed E-state index contributed by atoms with van der Waals surface area (Å²) in [7, 11) is 0. The van der Waals surface area contributed by atoms with Gasteiger partial charge in [0, 0.05) is 17.4 Å². The second-order valence-corrected chi connectivity index (χ2v) is 5.69. The van der Waals surface area contributed by atoms with Gasteiger partial charge in [0.2, 0.25) is 0 Å². The number of para-hydroxylation sites is 1. The van der Waals surface area contributed by atoms with Crippen molar-refractivity contribution in [3.8, 4) is 5.69 Å². The third-order valence-electron chi connectivity index (χ3n) is 3.28. The van der Waals surface area contributed by atoms with Crippen LogP contribution in [-0.2, 0) is 0 Å². The van der Waals surface area contributed by atoms with Crippen molar-refractivity contribution in [1.29, 1.82) is 0 Å². The summed E-state index contributed by atoms with van der Waals surface area (Å²) < 4.78 is 28.2. The minimum absolute atomic E-state index is 0.0454. The van der Waals surface area contributed by atoms with Gasteiger partial charge in [-0.15, -0.1) is 0 Å². The van der Waals surface area contributed by atoms with E-state index in [2.05, 4.69) is 10.3 Å². The van der Waals surface area contributed by atoms with Gasteiger partial charge in [0.15, 0.2) is 5.16 Å². The van der Waals surface area contributed by atoms with Crippen molar-refractivity contribution in [3.05, 3.63) is 72.1 Å². The standard InChI is InChI=1S/C17H13F2N3OS/c1-24-17-20-10-15(22(17)14-5-3-2-4-6-14)16(23)21-13-8-11(18)7-12(19)9-13/h2-10H,1H3,(H,21,23). The molecule has 0 saturated heterocycles. The predicted octanol–water partition coefficient (Wildman–Crippen LogP) is 4.12. The van der Waals surface area contributed by atoms with Gasteiger partial charge in [-0.3, -0.25) is 9.36 Å². The zero-order chi connectivity index (χ0) is 17.1. The van der Waals surface area contributed by atoms with Crippen LogP contribution in [0, 0.1) is 11.6 Å². The summed E-state index contributed by atoms with van der Waals surface area (Å²) in [6.45, 7) is 0. The summed E-state index contributed by atoms with van der Waals surface area (Å²) in [5.41, 5.74) is 1.09. The normalized spacial score (nSPS) is 10.6. The highest BCUT2D eigenvalue weighted by atomic mass is 32.2. The number of thioether (sulfide) groups is 1. The van der Waals surface area contributed by atoms with E-state index in [-0.39, 0.29) is 11.4 Å². The molecule has 1 aromatic heterocycles. The van der Waals surface area contributed by atoms with Crippen molar-refractivity contribution in [3.63, 3.8) is 0 Å². The molecule has 1 heterocycles. The largest absolute Gasteiger partial charge is 0.320 e. The molecule has 2 aromatic carbocycles. The average molecular weight is 345 g/mol. The van der Waals surface area contributed by atoms with Crippen molar-refractivity contribution in [2.45, 2.75) is 5.16 Å². The van der Waals surface area contributed by atoms with E-state index in [0.717, 1.165) is 23.9 Å². The zero-order valence-corrected chi connectivity index (χ0v) is 13.5. The molecule has 24 heavy (non-hydrogen) atoms. The first kappa shape index (κ1) is 16.2. The van der Waals surface area contributed by atoms with Gasteiger partial charge >= 0.3 is 0 Å². The van der Waals surface area contributed by atoms with Crippen LogP contribution in [-0.4, -0.2) is 21.7 Å². The van der Waals surface area contributed by atoms with Crippen molar-refractivity contribution >= 4 is 23.4 Å². The molecule has 0 spiro atoms. The van der Waals surface area contributed by atoms with Crippen molar-refractivity contribution < 1.29 is 13.6 Å². The number of hydrogen-bond donors (Lipinski definition) is 1. The predicted molar refractivity (Wildman–Crippen MR) is 89.7 cm³/mol. The fraction of sp³-hybridized carbons (Fsp3) is 0.0588. The number of carbonyl (C=O) groups is 1. The van der Waals surface area contributed by atoms with E-state index in [0.29, 0.717) is 5.16 Å². The number of nitrogens with one attached hydrogen (secondary N) is 1. The van der Waals surface area contributed by atoms with E-state index in [1.54, 1.807) is 4.57 Å². The van der Waals surface area contributed by atoms with Gasteiger partial charge < -0.3 is 5.32 Å². The first-order valence-electron chi connectivity index (χ1n) is 7.03. The minimum atomic E-state index is -0.758. The lowest BCUT2D eigenvalue weighted by Gasteiger charge is -2.11. The molecule has 0 bridgehead atoms. The fourth-order valence-corrected chi connectivity index (χ4v) is 2.83. The Balaban J connectivity index is 1.97. The number of amides is 1. The molecule has 0 aliphatic carbocycles. The number of benzene rings is 2. The molecule has 1 N–H and O–H groups in total. The van der Waals surface area contributed by atoms with E-state index in [9.17, 15) is 13.6 Å². The van der Waals surface area contributed by atoms with Crippen molar-refractivity contribution in [2.24, 2.45) is 0 Å². The Morgan fingerprint density at radius 3 is 2.42 bits per heavy atom. The van der Waals surface area contributed by atoms with Gasteiger partial charge in [0.1, 0.15) is 17.3 Å². The quantitative estimate of drug-likeness (QED) is 0.724. The number of aromatic nitrogens is 2. The van der Waals surface area contributed by atoms with Gasteiger partial charge in [0.05, 0.1) is 6.20 Å². The molecule has 3 rings (SSSR count). The molecule has 1 amide bonds. The third kappa shape index (κ3) is 3.30.